The molecule has 0 aliphatic carbocycles. The van der Waals surface area contributed by atoms with Crippen LogP contribution in [0.3, 0.4) is 0 Å². The van der Waals surface area contributed by atoms with Crippen LogP contribution in [-0.2, 0) is 11.3 Å². The number of ether oxygens (including phenoxy) is 2. The Hall–Kier alpha value is -1.34. The van der Waals surface area contributed by atoms with Gasteiger partial charge in [0, 0.05) is 12.1 Å². The largest absolute Gasteiger partial charge is 0.522 e. The zero-order valence-electron chi connectivity index (χ0n) is 8.76. The number of halogens is 4. The summed E-state index contributed by atoms with van der Waals surface area (Å²) < 4.78 is 56.2. The molecule has 0 amide bonds. The van der Waals surface area contributed by atoms with E-state index in [0.29, 0.717) is 5.56 Å². The average Bonchev–Trinajstić information content (AvgIpc) is 2.24. The van der Waals surface area contributed by atoms with Crippen molar-refractivity contribution in [2.75, 3.05) is 13.2 Å². The number of hydrogen-bond acceptors (Lipinski definition) is 3. The Morgan fingerprint density at radius 1 is 1.18 bits per heavy atom. The zero-order valence-corrected chi connectivity index (χ0v) is 8.76. The third-order valence-corrected chi connectivity index (χ3v) is 1.85. The first-order valence-corrected chi connectivity index (χ1v) is 4.74. The molecule has 0 aliphatic heterocycles. The van der Waals surface area contributed by atoms with Crippen molar-refractivity contribution in [1.82, 2.24) is 0 Å². The minimum atomic E-state index is -4.68. The molecule has 0 heterocycles. The van der Waals surface area contributed by atoms with E-state index in [1.807, 2.05) is 0 Å². The van der Waals surface area contributed by atoms with Crippen molar-refractivity contribution >= 4 is 0 Å². The molecule has 1 rings (SSSR count). The summed E-state index contributed by atoms with van der Waals surface area (Å²) in [4.78, 5) is 0. The quantitative estimate of drug-likeness (QED) is 0.646. The maximum absolute atomic E-state index is 12.8. The lowest BCUT2D eigenvalue weighted by Crippen LogP contribution is -2.18. The molecule has 0 radical (unpaired) electrons. The second kappa shape index (κ2) is 5.83. The topological polar surface area (TPSA) is 44.5 Å². The van der Waals surface area contributed by atoms with Gasteiger partial charge in [-0.05, 0) is 18.2 Å². The van der Waals surface area contributed by atoms with Gasteiger partial charge in [-0.3, -0.25) is 4.74 Å². The highest BCUT2D eigenvalue weighted by molar-refractivity contribution is 5.33. The summed E-state index contributed by atoms with van der Waals surface area (Å²) in [7, 11) is 0. The fraction of sp³-hybridized carbons (Fsp3) is 0.400. The van der Waals surface area contributed by atoms with E-state index in [1.54, 1.807) is 0 Å². The third-order valence-electron chi connectivity index (χ3n) is 1.85. The highest BCUT2D eigenvalue weighted by atomic mass is 19.4. The van der Waals surface area contributed by atoms with Gasteiger partial charge < -0.3 is 10.5 Å². The number of benzene rings is 1. The third kappa shape index (κ3) is 5.01. The number of nitrogens with two attached hydrogens (primary N) is 1. The second-order valence-corrected chi connectivity index (χ2v) is 3.10. The van der Waals surface area contributed by atoms with Gasteiger partial charge in [-0.1, -0.05) is 0 Å². The Morgan fingerprint density at radius 2 is 1.88 bits per heavy atom. The van der Waals surface area contributed by atoms with E-state index in [2.05, 4.69) is 4.74 Å². The van der Waals surface area contributed by atoms with E-state index in [1.165, 1.54) is 12.1 Å². The van der Waals surface area contributed by atoms with Crippen molar-refractivity contribution in [3.05, 3.63) is 29.6 Å². The first-order chi connectivity index (χ1) is 7.92. The van der Waals surface area contributed by atoms with Crippen LogP contribution in [0.5, 0.6) is 5.75 Å². The van der Waals surface area contributed by atoms with Gasteiger partial charge in [0.05, 0.1) is 6.61 Å². The second-order valence-electron chi connectivity index (χ2n) is 3.10. The Kier molecular flexibility index (Phi) is 4.71. The molecule has 1 aromatic carbocycles. The molecular formula is C10H11F4NO2. The van der Waals surface area contributed by atoms with Gasteiger partial charge >= 0.3 is 6.36 Å². The predicted octanol–water partition coefficient (Wildman–Crippen LogP) is 2.20. The van der Waals surface area contributed by atoms with Crippen LogP contribution in [0.2, 0.25) is 0 Å². The van der Waals surface area contributed by atoms with Crippen molar-refractivity contribution in [3.8, 4) is 5.75 Å². The van der Waals surface area contributed by atoms with Crippen LogP contribution in [0, 0.1) is 5.82 Å². The molecule has 0 fully saturated rings. The molecule has 0 unspecified atom stereocenters. The van der Waals surface area contributed by atoms with E-state index in [-0.39, 0.29) is 18.9 Å². The zero-order chi connectivity index (χ0) is 12.9. The molecule has 0 bridgehead atoms. The van der Waals surface area contributed by atoms with Crippen LogP contribution in [0.25, 0.3) is 0 Å². The molecule has 0 aliphatic rings. The van der Waals surface area contributed by atoms with Crippen LogP contribution in [0.1, 0.15) is 5.56 Å². The van der Waals surface area contributed by atoms with Gasteiger partial charge in [-0.25, -0.2) is 4.39 Å². The molecule has 17 heavy (non-hydrogen) atoms. The number of alkyl halides is 3. The van der Waals surface area contributed by atoms with E-state index >= 15 is 0 Å². The van der Waals surface area contributed by atoms with Gasteiger partial charge in [-0.15, -0.1) is 13.2 Å². The highest BCUT2D eigenvalue weighted by Gasteiger charge is 2.28. The Labute approximate surface area is 95.1 Å². The lowest BCUT2D eigenvalue weighted by molar-refractivity contribution is -0.325. The van der Waals surface area contributed by atoms with E-state index in [4.69, 9.17) is 10.5 Å². The minimum absolute atomic E-state index is 0.0349. The lowest BCUT2D eigenvalue weighted by Gasteiger charge is -2.11. The summed E-state index contributed by atoms with van der Waals surface area (Å²) in [6.07, 6.45) is -4.68. The molecule has 0 aromatic heterocycles. The monoisotopic (exact) mass is 253 g/mol. The van der Waals surface area contributed by atoms with Crippen LogP contribution in [0.15, 0.2) is 18.2 Å². The van der Waals surface area contributed by atoms with Gasteiger partial charge in [0.1, 0.15) is 18.2 Å². The van der Waals surface area contributed by atoms with E-state index in [9.17, 15) is 17.6 Å². The fourth-order valence-electron chi connectivity index (χ4n) is 1.16. The summed E-state index contributed by atoms with van der Waals surface area (Å²) in [5, 5.41) is 0. The van der Waals surface area contributed by atoms with Crippen LogP contribution in [0.4, 0.5) is 17.6 Å². The standard InChI is InChI=1S/C10H11F4NO2/c11-8-1-2-9(7(5-8)6-15)16-3-4-17-10(12,13)14/h1-2,5H,3-4,6,15H2. The average molecular weight is 253 g/mol. The number of hydrogen-bond donors (Lipinski definition) is 1. The normalized spacial score (nSPS) is 11.6. The Balaban J connectivity index is 2.46. The molecule has 7 heteroatoms. The van der Waals surface area contributed by atoms with Crippen molar-refractivity contribution in [2.45, 2.75) is 12.9 Å². The highest BCUT2D eigenvalue weighted by Crippen LogP contribution is 2.20. The molecule has 2 N–H and O–H groups in total. The van der Waals surface area contributed by atoms with Gasteiger partial charge in [0.2, 0.25) is 0 Å². The lowest BCUT2D eigenvalue weighted by atomic mass is 10.2. The maximum atomic E-state index is 12.8. The van der Waals surface area contributed by atoms with Crippen LogP contribution < -0.4 is 10.5 Å². The maximum Gasteiger partial charge on any atom is 0.522 e. The first-order valence-electron chi connectivity index (χ1n) is 4.74. The van der Waals surface area contributed by atoms with E-state index in [0.717, 1.165) is 6.07 Å². The molecule has 1 aromatic rings. The summed E-state index contributed by atoms with van der Waals surface area (Å²) >= 11 is 0. The summed E-state index contributed by atoms with van der Waals surface area (Å²) in [6, 6.07) is 3.62. The molecule has 0 atom stereocenters. The van der Waals surface area contributed by atoms with Crippen LogP contribution >= 0.6 is 0 Å². The molecule has 96 valence electrons. The molecule has 0 saturated carbocycles. The summed E-state index contributed by atoms with van der Waals surface area (Å²) in [5.74, 6) is -0.232. The van der Waals surface area contributed by atoms with Crippen molar-refractivity contribution in [3.63, 3.8) is 0 Å². The summed E-state index contributed by atoms with van der Waals surface area (Å²) in [6.45, 7) is -0.893. The number of rotatable bonds is 5. The SMILES string of the molecule is NCc1cc(F)ccc1OCCOC(F)(F)F. The molecule has 0 saturated heterocycles. The smallest absolute Gasteiger partial charge is 0.491 e. The summed E-state index contributed by atoms with van der Waals surface area (Å²) in [5.41, 5.74) is 5.72. The first kappa shape index (κ1) is 13.7. The Bertz CT molecular complexity index is 368. The Morgan fingerprint density at radius 3 is 2.47 bits per heavy atom. The predicted molar refractivity (Wildman–Crippen MR) is 51.8 cm³/mol. The van der Waals surface area contributed by atoms with Gasteiger partial charge in [0.25, 0.3) is 0 Å². The van der Waals surface area contributed by atoms with Gasteiger partial charge in [0.15, 0.2) is 0 Å². The van der Waals surface area contributed by atoms with Gasteiger partial charge in [-0.2, -0.15) is 0 Å². The van der Waals surface area contributed by atoms with Crippen molar-refractivity contribution in [2.24, 2.45) is 5.73 Å². The molecule has 3 nitrogen and oxygen atoms in total. The minimum Gasteiger partial charge on any atom is -0.491 e. The van der Waals surface area contributed by atoms with E-state index < -0.39 is 18.8 Å². The van der Waals surface area contributed by atoms with Crippen LogP contribution in [-0.4, -0.2) is 19.6 Å². The fourth-order valence-corrected chi connectivity index (χ4v) is 1.16. The van der Waals surface area contributed by atoms with Crippen molar-refractivity contribution < 1.29 is 27.0 Å². The molecule has 0 spiro atoms. The molecular weight excluding hydrogens is 242 g/mol. The van der Waals surface area contributed by atoms with Crippen molar-refractivity contribution in [1.29, 1.82) is 0 Å².